The van der Waals surface area contributed by atoms with Gasteiger partial charge in [-0.15, -0.1) is 0 Å². The maximum absolute atomic E-state index is 14.4. The average molecular weight is 542 g/mol. The summed E-state index contributed by atoms with van der Waals surface area (Å²) < 4.78 is 102. The second-order valence-electron chi connectivity index (χ2n) is 8.13. The van der Waals surface area contributed by atoms with Crippen molar-refractivity contribution in [1.82, 2.24) is 5.32 Å². The largest absolute Gasteiger partial charge is 0.486 e. The summed E-state index contributed by atoms with van der Waals surface area (Å²) in [5.74, 6) is -1.49. The van der Waals surface area contributed by atoms with Crippen molar-refractivity contribution >= 4 is 21.8 Å². The molecule has 1 heterocycles. The van der Waals surface area contributed by atoms with Gasteiger partial charge in [-0.05, 0) is 54.1 Å². The third kappa shape index (κ3) is 5.61. The third-order valence-corrected chi connectivity index (χ3v) is 7.40. The monoisotopic (exact) mass is 542 g/mol. The van der Waals surface area contributed by atoms with Gasteiger partial charge in [0.05, 0.1) is 22.7 Å². The summed E-state index contributed by atoms with van der Waals surface area (Å²) in [4.78, 5) is 10.1. The van der Waals surface area contributed by atoms with Gasteiger partial charge in [-0.1, -0.05) is 12.1 Å². The highest BCUT2D eigenvalue weighted by molar-refractivity contribution is 7.92. The summed E-state index contributed by atoms with van der Waals surface area (Å²) >= 11 is 0. The quantitative estimate of drug-likeness (QED) is 0.414. The zero-order valence-electron chi connectivity index (χ0n) is 18.8. The van der Waals surface area contributed by atoms with Crippen LogP contribution in [0.4, 0.5) is 32.4 Å². The molecule has 0 unspecified atom stereocenters. The van der Waals surface area contributed by atoms with E-state index in [2.05, 4.69) is 5.32 Å². The van der Waals surface area contributed by atoms with Gasteiger partial charge in [0.15, 0.2) is 0 Å². The van der Waals surface area contributed by atoms with Gasteiger partial charge in [-0.3, -0.25) is 4.31 Å². The molecule has 0 aliphatic carbocycles. The van der Waals surface area contributed by atoms with Crippen LogP contribution >= 0.6 is 0 Å². The van der Waals surface area contributed by atoms with E-state index in [1.54, 1.807) is 0 Å². The maximum Gasteiger partial charge on any atom is 0.416 e. The van der Waals surface area contributed by atoms with Crippen molar-refractivity contribution in [3.63, 3.8) is 0 Å². The molecule has 3 aromatic rings. The van der Waals surface area contributed by atoms with E-state index >= 15 is 0 Å². The van der Waals surface area contributed by atoms with Gasteiger partial charge in [0.2, 0.25) is 0 Å². The molecule has 1 aliphatic heterocycles. The van der Waals surface area contributed by atoms with E-state index < -0.39 is 50.5 Å². The average Bonchev–Trinajstić information content (AvgIpc) is 2.84. The van der Waals surface area contributed by atoms with E-state index in [0.717, 1.165) is 40.7 Å². The summed E-state index contributed by atoms with van der Waals surface area (Å²) in [5.41, 5.74) is -1.32. The number of anilines is 1. The van der Waals surface area contributed by atoms with Crippen LogP contribution in [0.2, 0.25) is 0 Å². The Morgan fingerprint density at radius 2 is 1.84 bits per heavy atom. The molecule has 0 aromatic heterocycles. The molecule has 0 saturated carbocycles. The van der Waals surface area contributed by atoms with Gasteiger partial charge in [0.25, 0.3) is 10.0 Å². The van der Waals surface area contributed by atoms with Crippen LogP contribution in [0.15, 0.2) is 65.6 Å². The maximum atomic E-state index is 14.4. The lowest BCUT2D eigenvalue weighted by atomic mass is 10.0. The summed E-state index contributed by atoms with van der Waals surface area (Å²) in [6.45, 7) is -0.457. The molecule has 1 amide bonds. The molecule has 2 N–H and O–H groups in total. The number of carbonyl (C=O) groups is 1. The van der Waals surface area contributed by atoms with Crippen LogP contribution in [0.5, 0.6) is 5.75 Å². The Morgan fingerprint density at radius 1 is 1.08 bits per heavy atom. The molecule has 4 rings (SSSR count). The Kier molecular flexibility index (Phi) is 7.00. The van der Waals surface area contributed by atoms with E-state index in [9.17, 15) is 35.2 Å². The molecule has 7 nitrogen and oxygen atoms in total. The highest BCUT2D eigenvalue weighted by Crippen LogP contribution is 2.41. The van der Waals surface area contributed by atoms with Crippen molar-refractivity contribution in [2.24, 2.45) is 0 Å². The molecule has 3 aromatic carbocycles. The summed E-state index contributed by atoms with van der Waals surface area (Å²) in [6.07, 6.45) is -6.91. The fraction of sp³-hybridized carbons (Fsp3) is 0.208. The number of benzene rings is 3. The van der Waals surface area contributed by atoms with Crippen LogP contribution in [-0.4, -0.2) is 38.8 Å². The first-order valence-corrected chi connectivity index (χ1v) is 12.2. The Hall–Kier alpha value is -3.87. The van der Waals surface area contributed by atoms with Crippen molar-refractivity contribution < 1.29 is 45.0 Å². The van der Waals surface area contributed by atoms with Gasteiger partial charge >= 0.3 is 12.3 Å². The number of nitrogens with one attached hydrogen (secondary N) is 1. The van der Waals surface area contributed by atoms with E-state index in [-0.39, 0.29) is 42.1 Å². The van der Waals surface area contributed by atoms with Crippen molar-refractivity contribution in [3.05, 3.63) is 77.9 Å². The molecular weight excluding hydrogens is 523 g/mol. The van der Waals surface area contributed by atoms with Gasteiger partial charge in [0.1, 0.15) is 23.5 Å². The van der Waals surface area contributed by atoms with E-state index in [1.807, 2.05) is 0 Å². The predicted molar refractivity (Wildman–Crippen MR) is 123 cm³/mol. The van der Waals surface area contributed by atoms with Gasteiger partial charge in [0, 0.05) is 18.5 Å². The number of amides is 1. The molecule has 0 radical (unpaired) electrons. The normalized spacial score (nSPS) is 15.6. The van der Waals surface area contributed by atoms with Gasteiger partial charge < -0.3 is 15.2 Å². The smallest absolute Gasteiger partial charge is 0.416 e. The number of rotatable bonds is 6. The second kappa shape index (κ2) is 9.88. The van der Waals surface area contributed by atoms with Crippen LogP contribution in [0.25, 0.3) is 11.1 Å². The van der Waals surface area contributed by atoms with Crippen LogP contribution in [-0.2, 0) is 16.2 Å². The van der Waals surface area contributed by atoms with Crippen LogP contribution < -0.4 is 14.4 Å². The predicted octanol–water partition coefficient (Wildman–Crippen LogP) is 5.26. The minimum absolute atomic E-state index is 0.0164. The number of carboxylic acid groups (broad SMARTS) is 1. The van der Waals surface area contributed by atoms with Crippen molar-refractivity contribution in [3.8, 4) is 16.9 Å². The van der Waals surface area contributed by atoms with E-state index in [4.69, 9.17) is 9.84 Å². The molecule has 0 bridgehead atoms. The lowest BCUT2D eigenvalue weighted by molar-refractivity contribution is -0.137. The molecule has 0 fully saturated rings. The minimum Gasteiger partial charge on any atom is -0.486 e. The van der Waals surface area contributed by atoms with Crippen molar-refractivity contribution in [2.75, 3.05) is 17.4 Å². The fourth-order valence-corrected chi connectivity index (χ4v) is 5.42. The first kappa shape index (κ1) is 26.2. The minimum atomic E-state index is -4.79. The Bertz CT molecular complexity index is 1450. The first-order chi connectivity index (χ1) is 17.4. The number of hydrogen-bond acceptors (Lipinski definition) is 4. The standard InChI is InChI=1S/C24H19F5N2O5S/c25-16-5-6-20(26)19(12-16)14-4-7-22-21(10-14)31(13-17(36-22)8-9-30-23(32)33)37(34,35)18-3-1-2-15(11-18)24(27,28)29/h1-7,10-12,17,30H,8-9,13H2,(H,32,33)/t17-/m0/s1. The SMILES string of the molecule is O=C(O)NCC[C@H]1CN(S(=O)(=O)c2cccc(C(F)(F)F)c2)c2cc(-c3cc(F)ccc3F)ccc2O1. The Morgan fingerprint density at radius 3 is 2.54 bits per heavy atom. The van der Waals surface area contributed by atoms with Crippen molar-refractivity contribution in [2.45, 2.75) is 23.6 Å². The molecular formula is C24H19F5N2O5S. The number of nitrogens with zero attached hydrogens (tertiary/aromatic N) is 1. The molecule has 196 valence electrons. The van der Waals surface area contributed by atoms with Crippen LogP contribution in [0, 0.1) is 11.6 Å². The summed E-state index contributed by atoms with van der Waals surface area (Å²) in [7, 11) is -4.60. The highest BCUT2D eigenvalue weighted by Gasteiger charge is 2.37. The number of fused-ring (bicyclic) bond motifs is 1. The second-order valence-corrected chi connectivity index (χ2v) is 9.99. The van der Waals surface area contributed by atoms with Gasteiger partial charge in [-0.2, -0.15) is 13.2 Å². The number of ether oxygens (including phenoxy) is 1. The lowest BCUT2D eigenvalue weighted by Crippen LogP contribution is -2.44. The zero-order valence-corrected chi connectivity index (χ0v) is 19.6. The topological polar surface area (TPSA) is 95.9 Å². The molecule has 37 heavy (non-hydrogen) atoms. The fourth-order valence-electron chi connectivity index (χ4n) is 3.88. The van der Waals surface area contributed by atoms with E-state index in [1.165, 1.54) is 18.2 Å². The summed E-state index contributed by atoms with van der Waals surface area (Å²) in [5, 5.41) is 10.9. The number of halogens is 5. The van der Waals surface area contributed by atoms with Crippen LogP contribution in [0.1, 0.15) is 12.0 Å². The zero-order chi connectivity index (χ0) is 27.0. The van der Waals surface area contributed by atoms with Crippen molar-refractivity contribution in [1.29, 1.82) is 0 Å². The highest BCUT2D eigenvalue weighted by atomic mass is 32.2. The third-order valence-electron chi connectivity index (χ3n) is 5.62. The number of sulfonamides is 1. The Labute approximate surface area is 208 Å². The van der Waals surface area contributed by atoms with Crippen LogP contribution in [0.3, 0.4) is 0 Å². The van der Waals surface area contributed by atoms with Gasteiger partial charge in [-0.25, -0.2) is 22.0 Å². The Balaban J connectivity index is 1.80. The molecule has 0 saturated heterocycles. The molecule has 1 atom stereocenters. The molecule has 0 spiro atoms. The number of hydrogen-bond donors (Lipinski definition) is 2. The lowest BCUT2D eigenvalue weighted by Gasteiger charge is -2.36. The first-order valence-electron chi connectivity index (χ1n) is 10.8. The molecule has 13 heteroatoms. The number of alkyl halides is 3. The van der Waals surface area contributed by atoms with E-state index in [0.29, 0.717) is 6.07 Å². The molecule has 1 aliphatic rings. The summed E-state index contributed by atoms with van der Waals surface area (Å²) in [6, 6.07) is 9.91.